The van der Waals surface area contributed by atoms with Crippen LogP contribution in [0.4, 0.5) is 13.2 Å². The van der Waals surface area contributed by atoms with Gasteiger partial charge in [0.1, 0.15) is 0 Å². The summed E-state index contributed by atoms with van der Waals surface area (Å²) >= 11 is 0. The molecule has 2 fully saturated rings. The van der Waals surface area contributed by atoms with Gasteiger partial charge in [-0.15, -0.1) is 0 Å². The first-order valence-corrected chi connectivity index (χ1v) is 9.18. The monoisotopic (exact) mass is 324 g/mol. The molecule has 1 aromatic rings. The van der Waals surface area contributed by atoms with Crippen molar-refractivity contribution in [3.63, 3.8) is 0 Å². The molecule has 128 valence electrons. The zero-order chi connectivity index (χ0) is 16.2. The molecule has 0 aromatic heterocycles. The van der Waals surface area contributed by atoms with Crippen molar-refractivity contribution in [3.8, 4) is 0 Å². The lowest BCUT2D eigenvalue weighted by atomic mass is 9.68. The second-order valence-corrected chi connectivity index (χ2v) is 7.54. The molecule has 2 aliphatic carbocycles. The third-order valence-electron chi connectivity index (χ3n) is 6.26. The molecule has 2 aliphatic rings. The molecule has 23 heavy (non-hydrogen) atoms. The topological polar surface area (TPSA) is 0 Å². The lowest BCUT2D eigenvalue weighted by Gasteiger charge is -2.38. The molecule has 0 saturated heterocycles. The van der Waals surface area contributed by atoms with Crippen LogP contribution in [0.5, 0.6) is 0 Å². The van der Waals surface area contributed by atoms with Gasteiger partial charge in [0.2, 0.25) is 0 Å². The van der Waals surface area contributed by atoms with E-state index in [4.69, 9.17) is 0 Å². The SMILES string of the molecule is FCCC1CCC(C2CCC(c3ccc(F)c(F)c3)CC2)CC1. The minimum absolute atomic E-state index is 0.172. The van der Waals surface area contributed by atoms with E-state index in [2.05, 4.69) is 0 Å². The Labute approximate surface area is 137 Å². The zero-order valence-corrected chi connectivity index (χ0v) is 13.7. The third-order valence-corrected chi connectivity index (χ3v) is 6.26. The lowest BCUT2D eigenvalue weighted by Crippen LogP contribution is -2.25. The van der Waals surface area contributed by atoms with Crippen molar-refractivity contribution < 1.29 is 13.2 Å². The van der Waals surface area contributed by atoms with Gasteiger partial charge in [0, 0.05) is 0 Å². The summed E-state index contributed by atoms with van der Waals surface area (Å²) in [4.78, 5) is 0. The van der Waals surface area contributed by atoms with E-state index < -0.39 is 11.6 Å². The Morgan fingerprint density at radius 1 is 0.783 bits per heavy atom. The summed E-state index contributed by atoms with van der Waals surface area (Å²) in [6.45, 7) is -0.172. The van der Waals surface area contributed by atoms with Crippen LogP contribution in [0.1, 0.15) is 69.3 Å². The van der Waals surface area contributed by atoms with Crippen LogP contribution in [-0.2, 0) is 0 Å². The maximum atomic E-state index is 13.4. The number of halogens is 3. The van der Waals surface area contributed by atoms with Crippen molar-refractivity contribution in [2.45, 2.75) is 63.7 Å². The highest BCUT2D eigenvalue weighted by Crippen LogP contribution is 2.44. The van der Waals surface area contributed by atoms with E-state index in [9.17, 15) is 13.2 Å². The summed E-state index contributed by atoms with van der Waals surface area (Å²) in [7, 11) is 0. The molecule has 3 heteroatoms. The first-order valence-electron chi connectivity index (χ1n) is 9.18. The fourth-order valence-corrected chi connectivity index (χ4v) is 4.79. The number of hydrogen-bond donors (Lipinski definition) is 0. The highest BCUT2D eigenvalue weighted by molar-refractivity contribution is 5.22. The van der Waals surface area contributed by atoms with Crippen molar-refractivity contribution in [1.29, 1.82) is 0 Å². The second-order valence-electron chi connectivity index (χ2n) is 7.54. The molecular formula is C20H27F3. The Balaban J connectivity index is 1.50. The number of alkyl halides is 1. The van der Waals surface area contributed by atoms with Crippen LogP contribution < -0.4 is 0 Å². The van der Waals surface area contributed by atoms with Crippen molar-refractivity contribution >= 4 is 0 Å². The van der Waals surface area contributed by atoms with Crippen LogP contribution in [0.25, 0.3) is 0 Å². The number of rotatable bonds is 4. The zero-order valence-electron chi connectivity index (χ0n) is 13.7. The van der Waals surface area contributed by atoms with Gasteiger partial charge in [-0.1, -0.05) is 18.9 Å². The molecule has 0 nitrogen and oxygen atoms in total. The Morgan fingerprint density at radius 2 is 1.39 bits per heavy atom. The molecule has 0 amide bonds. The lowest BCUT2D eigenvalue weighted by molar-refractivity contribution is 0.153. The second kappa shape index (κ2) is 7.72. The average Bonchev–Trinajstić information content (AvgIpc) is 2.59. The van der Waals surface area contributed by atoms with Crippen LogP contribution in [0.2, 0.25) is 0 Å². The Hall–Kier alpha value is -0.990. The van der Waals surface area contributed by atoms with E-state index in [0.717, 1.165) is 36.7 Å². The highest BCUT2D eigenvalue weighted by atomic mass is 19.2. The average molecular weight is 324 g/mol. The summed E-state index contributed by atoms with van der Waals surface area (Å²) in [6.07, 6.45) is 10.2. The molecule has 3 rings (SSSR count). The number of benzene rings is 1. The van der Waals surface area contributed by atoms with Gasteiger partial charge in [-0.25, -0.2) is 8.78 Å². The van der Waals surface area contributed by atoms with Crippen LogP contribution in [0.15, 0.2) is 18.2 Å². The Kier molecular flexibility index (Phi) is 5.66. The van der Waals surface area contributed by atoms with Gasteiger partial charge in [-0.3, -0.25) is 4.39 Å². The largest absolute Gasteiger partial charge is 0.251 e. The number of hydrogen-bond acceptors (Lipinski definition) is 0. The standard InChI is InChI=1S/C20H27F3/c21-12-11-14-1-3-15(4-2-14)16-5-7-17(8-6-16)18-9-10-19(22)20(23)13-18/h9-10,13-17H,1-8,11-12H2. The molecule has 0 radical (unpaired) electrons. The molecule has 0 unspecified atom stereocenters. The van der Waals surface area contributed by atoms with E-state index in [1.807, 2.05) is 0 Å². The van der Waals surface area contributed by atoms with E-state index in [1.165, 1.54) is 50.7 Å². The molecule has 1 aromatic carbocycles. The predicted molar refractivity (Wildman–Crippen MR) is 87.1 cm³/mol. The van der Waals surface area contributed by atoms with Crippen molar-refractivity contribution in [2.24, 2.45) is 17.8 Å². The third kappa shape index (κ3) is 4.10. The first kappa shape index (κ1) is 16.9. The van der Waals surface area contributed by atoms with E-state index in [0.29, 0.717) is 11.8 Å². The van der Waals surface area contributed by atoms with E-state index in [-0.39, 0.29) is 6.67 Å². The summed E-state index contributed by atoms with van der Waals surface area (Å²) in [6, 6.07) is 4.37. The minimum atomic E-state index is -0.757. The summed E-state index contributed by atoms with van der Waals surface area (Å²) in [5.74, 6) is 1.09. The van der Waals surface area contributed by atoms with Gasteiger partial charge < -0.3 is 0 Å². The van der Waals surface area contributed by atoms with Crippen LogP contribution in [0, 0.1) is 29.4 Å². The van der Waals surface area contributed by atoms with Crippen molar-refractivity contribution in [2.75, 3.05) is 6.67 Å². The molecule has 0 spiro atoms. The minimum Gasteiger partial charge on any atom is -0.251 e. The summed E-state index contributed by atoms with van der Waals surface area (Å²) in [5.41, 5.74) is 0.953. The highest BCUT2D eigenvalue weighted by Gasteiger charge is 2.31. The van der Waals surface area contributed by atoms with Gasteiger partial charge in [-0.2, -0.15) is 0 Å². The van der Waals surface area contributed by atoms with Crippen LogP contribution in [0.3, 0.4) is 0 Å². The summed E-state index contributed by atoms with van der Waals surface area (Å²) in [5, 5.41) is 0. The maximum absolute atomic E-state index is 13.4. The van der Waals surface area contributed by atoms with E-state index >= 15 is 0 Å². The first-order chi connectivity index (χ1) is 11.2. The molecule has 0 N–H and O–H groups in total. The molecule has 0 bridgehead atoms. The predicted octanol–water partition coefficient (Wildman–Crippen LogP) is 6.40. The quantitative estimate of drug-likeness (QED) is 0.601. The Morgan fingerprint density at radius 3 is 1.96 bits per heavy atom. The fraction of sp³-hybridized carbons (Fsp3) is 0.700. The van der Waals surface area contributed by atoms with E-state index in [1.54, 1.807) is 6.07 Å². The van der Waals surface area contributed by atoms with Gasteiger partial charge >= 0.3 is 0 Å². The van der Waals surface area contributed by atoms with Crippen molar-refractivity contribution in [3.05, 3.63) is 35.4 Å². The Bertz CT molecular complexity index is 498. The molecule has 0 heterocycles. The molecule has 0 aliphatic heterocycles. The molecule has 0 atom stereocenters. The van der Waals surface area contributed by atoms with Crippen LogP contribution in [-0.4, -0.2) is 6.67 Å². The molecular weight excluding hydrogens is 297 g/mol. The summed E-state index contributed by atoms with van der Waals surface area (Å²) < 4.78 is 38.9. The van der Waals surface area contributed by atoms with Gasteiger partial charge in [0.15, 0.2) is 11.6 Å². The maximum Gasteiger partial charge on any atom is 0.159 e. The van der Waals surface area contributed by atoms with Crippen molar-refractivity contribution in [1.82, 2.24) is 0 Å². The van der Waals surface area contributed by atoms with Gasteiger partial charge in [0.25, 0.3) is 0 Å². The van der Waals surface area contributed by atoms with Gasteiger partial charge in [0.05, 0.1) is 6.67 Å². The fourth-order valence-electron chi connectivity index (χ4n) is 4.79. The van der Waals surface area contributed by atoms with Crippen LogP contribution >= 0.6 is 0 Å². The molecule has 2 saturated carbocycles. The smallest absolute Gasteiger partial charge is 0.159 e. The van der Waals surface area contributed by atoms with Gasteiger partial charge in [-0.05, 0) is 86.3 Å². The normalized spacial score (nSPS) is 32.0.